The van der Waals surface area contributed by atoms with E-state index < -0.39 is 5.82 Å². The largest absolute Gasteiger partial charge is 0.486 e. The lowest BCUT2D eigenvalue weighted by Crippen LogP contribution is -1.96. The van der Waals surface area contributed by atoms with Gasteiger partial charge in [-0.1, -0.05) is 24.3 Å². The molecule has 0 aliphatic heterocycles. The standard InChI is InChI=1S/C16H13F2NO/c1-19-9-11(12-5-4-7-14(18)16(12)19)10-20-15-8-3-2-6-13(15)17/h2-9H,10H2,1H3. The summed E-state index contributed by atoms with van der Waals surface area (Å²) in [5.41, 5.74) is 1.35. The highest BCUT2D eigenvalue weighted by Gasteiger charge is 2.11. The van der Waals surface area contributed by atoms with Crippen molar-refractivity contribution >= 4 is 10.9 Å². The van der Waals surface area contributed by atoms with Gasteiger partial charge in [0.1, 0.15) is 12.4 Å². The number of aryl methyl sites for hydroxylation is 1. The van der Waals surface area contributed by atoms with Crippen LogP contribution in [0.4, 0.5) is 8.78 Å². The fourth-order valence-electron chi connectivity index (χ4n) is 2.33. The van der Waals surface area contributed by atoms with Gasteiger partial charge in [0.25, 0.3) is 0 Å². The van der Waals surface area contributed by atoms with Crippen LogP contribution in [0.5, 0.6) is 5.75 Å². The highest BCUT2D eigenvalue weighted by atomic mass is 19.1. The molecule has 4 heteroatoms. The summed E-state index contributed by atoms with van der Waals surface area (Å²) in [6, 6.07) is 11.1. The van der Waals surface area contributed by atoms with Gasteiger partial charge in [0.15, 0.2) is 11.6 Å². The van der Waals surface area contributed by atoms with Gasteiger partial charge in [-0.2, -0.15) is 0 Å². The van der Waals surface area contributed by atoms with E-state index >= 15 is 0 Å². The summed E-state index contributed by atoms with van der Waals surface area (Å²) in [6.07, 6.45) is 1.80. The maximum absolute atomic E-state index is 13.8. The molecule has 0 bridgehead atoms. The van der Waals surface area contributed by atoms with Crippen molar-refractivity contribution in [2.24, 2.45) is 7.05 Å². The van der Waals surface area contributed by atoms with Crippen LogP contribution in [-0.4, -0.2) is 4.57 Å². The average molecular weight is 273 g/mol. The summed E-state index contributed by atoms with van der Waals surface area (Å²) in [4.78, 5) is 0. The van der Waals surface area contributed by atoms with E-state index in [0.717, 1.165) is 10.9 Å². The van der Waals surface area contributed by atoms with E-state index in [-0.39, 0.29) is 18.2 Å². The van der Waals surface area contributed by atoms with Crippen molar-refractivity contribution in [1.29, 1.82) is 0 Å². The minimum absolute atomic E-state index is 0.195. The fourth-order valence-corrected chi connectivity index (χ4v) is 2.33. The Hall–Kier alpha value is -2.36. The first-order valence-electron chi connectivity index (χ1n) is 6.26. The van der Waals surface area contributed by atoms with E-state index in [1.54, 1.807) is 42.1 Å². The molecule has 3 aromatic rings. The number of para-hydroxylation sites is 2. The van der Waals surface area contributed by atoms with E-state index in [4.69, 9.17) is 4.74 Å². The zero-order chi connectivity index (χ0) is 14.1. The summed E-state index contributed by atoms with van der Waals surface area (Å²) < 4.78 is 34.4. The summed E-state index contributed by atoms with van der Waals surface area (Å²) in [5, 5.41) is 0.781. The van der Waals surface area contributed by atoms with Crippen molar-refractivity contribution < 1.29 is 13.5 Å². The first kappa shape index (κ1) is 12.7. The molecule has 20 heavy (non-hydrogen) atoms. The van der Waals surface area contributed by atoms with Crippen molar-refractivity contribution in [2.45, 2.75) is 6.61 Å². The molecule has 2 aromatic carbocycles. The van der Waals surface area contributed by atoms with Crippen LogP contribution >= 0.6 is 0 Å². The van der Waals surface area contributed by atoms with E-state index in [1.165, 1.54) is 12.1 Å². The second-order valence-electron chi connectivity index (χ2n) is 4.62. The molecule has 0 atom stereocenters. The van der Waals surface area contributed by atoms with Crippen LogP contribution < -0.4 is 4.74 Å². The lowest BCUT2D eigenvalue weighted by atomic mass is 10.2. The monoisotopic (exact) mass is 273 g/mol. The lowest BCUT2D eigenvalue weighted by Gasteiger charge is -2.06. The van der Waals surface area contributed by atoms with Crippen LogP contribution in [0.1, 0.15) is 5.56 Å². The third-order valence-corrected chi connectivity index (χ3v) is 3.25. The van der Waals surface area contributed by atoms with E-state index in [0.29, 0.717) is 5.52 Å². The average Bonchev–Trinajstić information content (AvgIpc) is 2.76. The van der Waals surface area contributed by atoms with E-state index in [9.17, 15) is 8.78 Å². The minimum atomic E-state index is -0.404. The number of ether oxygens (including phenoxy) is 1. The normalized spacial score (nSPS) is 10.9. The van der Waals surface area contributed by atoms with Gasteiger partial charge in [-0.05, 0) is 18.2 Å². The molecular weight excluding hydrogens is 260 g/mol. The predicted molar refractivity (Wildman–Crippen MR) is 73.6 cm³/mol. The van der Waals surface area contributed by atoms with Crippen molar-refractivity contribution in [2.75, 3.05) is 0 Å². The first-order chi connectivity index (χ1) is 9.66. The predicted octanol–water partition coefficient (Wildman–Crippen LogP) is 4.04. The molecule has 0 fully saturated rings. The molecule has 0 spiro atoms. The smallest absolute Gasteiger partial charge is 0.165 e. The van der Waals surface area contributed by atoms with Crippen molar-refractivity contribution in [1.82, 2.24) is 4.57 Å². The number of rotatable bonds is 3. The number of hydrogen-bond acceptors (Lipinski definition) is 1. The van der Waals surface area contributed by atoms with Gasteiger partial charge >= 0.3 is 0 Å². The van der Waals surface area contributed by atoms with Crippen LogP contribution in [-0.2, 0) is 13.7 Å². The molecule has 0 aliphatic rings. The van der Waals surface area contributed by atoms with Crippen LogP contribution in [0.15, 0.2) is 48.7 Å². The summed E-state index contributed by atoms with van der Waals surface area (Å²) in [6.45, 7) is 0.196. The SMILES string of the molecule is Cn1cc(COc2ccccc2F)c2cccc(F)c21. The van der Waals surface area contributed by atoms with Crippen LogP contribution in [0.25, 0.3) is 10.9 Å². The van der Waals surface area contributed by atoms with Crippen LogP contribution in [0.2, 0.25) is 0 Å². The summed E-state index contributed by atoms with van der Waals surface area (Å²) in [7, 11) is 1.78. The van der Waals surface area contributed by atoms with Gasteiger partial charge in [0, 0.05) is 24.2 Å². The molecule has 102 valence electrons. The fraction of sp³-hybridized carbons (Fsp3) is 0.125. The second-order valence-corrected chi connectivity index (χ2v) is 4.62. The van der Waals surface area contributed by atoms with E-state index in [1.807, 2.05) is 6.07 Å². The Labute approximate surface area is 115 Å². The third kappa shape index (κ3) is 2.13. The van der Waals surface area contributed by atoms with Gasteiger partial charge < -0.3 is 9.30 Å². The topological polar surface area (TPSA) is 14.2 Å². The zero-order valence-corrected chi connectivity index (χ0v) is 10.9. The highest BCUT2D eigenvalue weighted by molar-refractivity contribution is 5.84. The van der Waals surface area contributed by atoms with Gasteiger partial charge in [-0.15, -0.1) is 0 Å². The number of benzene rings is 2. The van der Waals surface area contributed by atoms with Gasteiger partial charge in [-0.25, -0.2) is 8.78 Å². The Bertz CT molecular complexity index is 764. The Morgan fingerprint density at radius 1 is 1.00 bits per heavy atom. The van der Waals surface area contributed by atoms with Gasteiger partial charge in [-0.3, -0.25) is 0 Å². The van der Waals surface area contributed by atoms with Crippen LogP contribution in [0, 0.1) is 11.6 Å². The third-order valence-electron chi connectivity index (χ3n) is 3.25. The maximum atomic E-state index is 13.8. The minimum Gasteiger partial charge on any atom is -0.486 e. The molecule has 1 heterocycles. The molecule has 0 unspecified atom stereocenters. The molecule has 0 aliphatic carbocycles. The number of aromatic nitrogens is 1. The quantitative estimate of drug-likeness (QED) is 0.702. The van der Waals surface area contributed by atoms with Crippen molar-refractivity contribution in [3.05, 3.63) is 65.9 Å². The van der Waals surface area contributed by atoms with Crippen LogP contribution in [0.3, 0.4) is 0 Å². The Balaban J connectivity index is 1.93. The molecule has 0 N–H and O–H groups in total. The second kappa shape index (κ2) is 4.96. The molecule has 0 saturated carbocycles. The zero-order valence-electron chi connectivity index (χ0n) is 10.9. The molecular formula is C16H13F2NO. The van der Waals surface area contributed by atoms with Gasteiger partial charge in [0.2, 0.25) is 0 Å². The van der Waals surface area contributed by atoms with Crippen molar-refractivity contribution in [3.63, 3.8) is 0 Å². The molecule has 0 amide bonds. The summed E-state index contributed by atoms with van der Waals surface area (Å²) in [5.74, 6) is -0.484. The molecule has 3 rings (SSSR count). The Morgan fingerprint density at radius 2 is 1.75 bits per heavy atom. The Morgan fingerprint density at radius 3 is 2.55 bits per heavy atom. The number of nitrogens with zero attached hydrogens (tertiary/aromatic N) is 1. The first-order valence-corrected chi connectivity index (χ1v) is 6.26. The van der Waals surface area contributed by atoms with E-state index in [2.05, 4.69) is 0 Å². The number of hydrogen-bond donors (Lipinski definition) is 0. The molecule has 0 radical (unpaired) electrons. The maximum Gasteiger partial charge on any atom is 0.165 e. The van der Waals surface area contributed by atoms with Crippen molar-refractivity contribution in [3.8, 4) is 5.75 Å². The van der Waals surface area contributed by atoms with Gasteiger partial charge in [0.05, 0.1) is 5.52 Å². The molecule has 2 nitrogen and oxygen atoms in total. The Kier molecular flexibility index (Phi) is 3.14. The molecule has 0 saturated heterocycles. The highest BCUT2D eigenvalue weighted by Crippen LogP contribution is 2.25. The number of fused-ring (bicyclic) bond motifs is 1. The molecule has 1 aromatic heterocycles. The lowest BCUT2D eigenvalue weighted by molar-refractivity contribution is 0.291. The number of halogens is 2. The summed E-state index contributed by atoms with van der Waals surface area (Å²) >= 11 is 0.